The highest BCUT2D eigenvalue weighted by molar-refractivity contribution is 5.82. The van der Waals surface area contributed by atoms with Gasteiger partial charge in [0.1, 0.15) is 0 Å². The average molecular weight is 287 g/mol. The third-order valence-corrected chi connectivity index (χ3v) is 4.55. The summed E-state index contributed by atoms with van der Waals surface area (Å²) in [4.78, 5) is 14.2. The molecule has 2 N–H and O–H groups in total. The topological polar surface area (TPSA) is 44.4 Å². The van der Waals surface area contributed by atoms with E-state index < -0.39 is 0 Å². The quantitative estimate of drug-likeness (QED) is 0.890. The second-order valence-corrected chi connectivity index (χ2v) is 6.18. The molecule has 2 saturated heterocycles. The van der Waals surface area contributed by atoms with Crippen LogP contribution in [0.3, 0.4) is 0 Å². The standard InChI is InChI=1S/C17H25N3O/c1-13-11-14(6-7-16(13)20-9-2-3-10-20)12-19-15-5-4-8-18-17(15)21/h6-7,11,15,19H,2-5,8-10,12H2,1H3,(H,18,21)/t15-/m1/s1. The Labute approximate surface area is 126 Å². The van der Waals surface area contributed by atoms with Crippen molar-refractivity contribution >= 4 is 11.6 Å². The van der Waals surface area contributed by atoms with E-state index in [9.17, 15) is 4.79 Å². The fourth-order valence-corrected chi connectivity index (χ4v) is 3.35. The lowest BCUT2D eigenvalue weighted by Crippen LogP contribution is -2.47. The smallest absolute Gasteiger partial charge is 0.237 e. The molecule has 1 atom stereocenters. The molecule has 2 heterocycles. The number of nitrogens with one attached hydrogen (secondary N) is 2. The normalized spacial score (nSPS) is 22.4. The van der Waals surface area contributed by atoms with Crippen molar-refractivity contribution in [1.82, 2.24) is 10.6 Å². The summed E-state index contributed by atoms with van der Waals surface area (Å²) in [6.45, 7) is 6.13. The van der Waals surface area contributed by atoms with Crippen molar-refractivity contribution in [1.29, 1.82) is 0 Å². The van der Waals surface area contributed by atoms with E-state index in [1.807, 2.05) is 0 Å². The summed E-state index contributed by atoms with van der Waals surface area (Å²) in [7, 11) is 0. The van der Waals surface area contributed by atoms with Gasteiger partial charge in [-0.15, -0.1) is 0 Å². The highest BCUT2D eigenvalue weighted by Gasteiger charge is 2.21. The molecule has 2 aliphatic rings. The molecule has 0 spiro atoms. The number of benzene rings is 1. The zero-order valence-electron chi connectivity index (χ0n) is 12.8. The van der Waals surface area contributed by atoms with E-state index in [0.717, 1.165) is 25.9 Å². The van der Waals surface area contributed by atoms with Gasteiger partial charge < -0.3 is 15.5 Å². The number of carbonyl (C=O) groups is 1. The summed E-state index contributed by atoms with van der Waals surface area (Å²) in [5, 5.41) is 6.30. The zero-order chi connectivity index (χ0) is 14.7. The molecule has 1 aromatic carbocycles. The number of rotatable bonds is 4. The summed E-state index contributed by atoms with van der Waals surface area (Å²) in [6, 6.07) is 6.64. The minimum absolute atomic E-state index is 0.0303. The first-order chi connectivity index (χ1) is 10.2. The van der Waals surface area contributed by atoms with Gasteiger partial charge >= 0.3 is 0 Å². The summed E-state index contributed by atoms with van der Waals surface area (Å²) >= 11 is 0. The first kappa shape index (κ1) is 14.4. The van der Waals surface area contributed by atoms with Gasteiger partial charge in [0.25, 0.3) is 0 Å². The van der Waals surface area contributed by atoms with Crippen LogP contribution in [0.4, 0.5) is 5.69 Å². The van der Waals surface area contributed by atoms with Crippen molar-refractivity contribution in [3.05, 3.63) is 29.3 Å². The molecule has 21 heavy (non-hydrogen) atoms. The Morgan fingerprint density at radius 1 is 1.29 bits per heavy atom. The predicted molar refractivity (Wildman–Crippen MR) is 85.5 cm³/mol. The number of nitrogens with zero attached hydrogens (tertiary/aromatic N) is 1. The fraction of sp³-hybridized carbons (Fsp3) is 0.588. The summed E-state index contributed by atoms with van der Waals surface area (Å²) in [5.41, 5.74) is 3.96. The van der Waals surface area contributed by atoms with E-state index in [0.29, 0.717) is 0 Å². The van der Waals surface area contributed by atoms with Crippen molar-refractivity contribution in [3.63, 3.8) is 0 Å². The Morgan fingerprint density at radius 2 is 2.10 bits per heavy atom. The number of hydrogen-bond donors (Lipinski definition) is 2. The molecule has 2 fully saturated rings. The molecule has 0 radical (unpaired) electrons. The van der Waals surface area contributed by atoms with Gasteiger partial charge in [-0.3, -0.25) is 4.79 Å². The highest BCUT2D eigenvalue weighted by Crippen LogP contribution is 2.25. The summed E-state index contributed by atoms with van der Waals surface area (Å²) < 4.78 is 0. The predicted octanol–water partition coefficient (Wildman–Crippen LogP) is 1.96. The lowest BCUT2D eigenvalue weighted by molar-refractivity contribution is -0.124. The van der Waals surface area contributed by atoms with Crippen LogP contribution in [0.15, 0.2) is 18.2 Å². The molecule has 2 aliphatic heterocycles. The number of anilines is 1. The van der Waals surface area contributed by atoms with Crippen LogP contribution in [-0.4, -0.2) is 31.6 Å². The third kappa shape index (κ3) is 3.38. The maximum absolute atomic E-state index is 11.7. The largest absolute Gasteiger partial charge is 0.371 e. The Hall–Kier alpha value is -1.55. The molecule has 3 rings (SSSR count). The number of aryl methyl sites for hydroxylation is 1. The van der Waals surface area contributed by atoms with Crippen LogP contribution in [0.5, 0.6) is 0 Å². The Morgan fingerprint density at radius 3 is 2.81 bits per heavy atom. The fourth-order valence-electron chi connectivity index (χ4n) is 3.35. The van der Waals surface area contributed by atoms with Crippen molar-refractivity contribution < 1.29 is 4.79 Å². The van der Waals surface area contributed by atoms with Crippen LogP contribution in [0.2, 0.25) is 0 Å². The van der Waals surface area contributed by atoms with Crippen LogP contribution in [-0.2, 0) is 11.3 Å². The van der Waals surface area contributed by atoms with Gasteiger partial charge in [0.15, 0.2) is 0 Å². The van der Waals surface area contributed by atoms with Crippen molar-refractivity contribution in [2.24, 2.45) is 0 Å². The van der Waals surface area contributed by atoms with E-state index in [2.05, 4.69) is 40.7 Å². The number of carbonyl (C=O) groups excluding carboxylic acids is 1. The van der Waals surface area contributed by atoms with Gasteiger partial charge in [0.2, 0.25) is 5.91 Å². The van der Waals surface area contributed by atoms with Gasteiger partial charge in [-0.2, -0.15) is 0 Å². The molecule has 4 heteroatoms. The Balaban J connectivity index is 1.61. The van der Waals surface area contributed by atoms with E-state index in [4.69, 9.17) is 0 Å². The highest BCUT2D eigenvalue weighted by atomic mass is 16.2. The summed E-state index contributed by atoms with van der Waals surface area (Å²) in [6.07, 6.45) is 4.62. The van der Waals surface area contributed by atoms with Gasteiger partial charge in [-0.05, 0) is 49.8 Å². The molecule has 0 saturated carbocycles. The van der Waals surface area contributed by atoms with Gasteiger partial charge in [0.05, 0.1) is 6.04 Å². The maximum Gasteiger partial charge on any atom is 0.237 e. The van der Waals surface area contributed by atoms with Crippen LogP contribution >= 0.6 is 0 Å². The van der Waals surface area contributed by atoms with Crippen molar-refractivity contribution in [3.8, 4) is 0 Å². The van der Waals surface area contributed by atoms with Crippen molar-refractivity contribution in [2.45, 2.75) is 45.2 Å². The number of hydrogen-bond acceptors (Lipinski definition) is 3. The Bertz CT molecular complexity index is 509. The molecule has 4 nitrogen and oxygen atoms in total. The lowest BCUT2D eigenvalue weighted by atomic mass is 10.1. The van der Waals surface area contributed by atoms with Crippen molar-refractivity contribution in [2.75, 3.05) is 24.5 Å². The average Bonchev–Trinajstić information content (AvgIpc) is 3.00. The third-order valence-electron chi connectivity index (χ3n) is 4.55. The van der Waals surface area contributed by atoms with Crippen LogP contribution < -0.4 is 15.5 Å². The van der Waals surface area contributed by atoms with E-state index in [1.165, 1.54) is 42.7 Å². The molecule has 1 aromatic rings. The van der Waals surface area contributed by atoms with Crippen LogP contribution in [0.25, 0.3) is 0 Å². The molecule has 0 aromatic heterocycles. The van der Waals surface area contributed by atoms with Gasteiger partial charge in [-0.1, -0.05) is 12.1 Å². The molecule has 114 valence electrons. The minimum Gasteiger partial charge on any atom is -0.371 e. The number of piperidine rings is 1. The lowest BCUT2D eigenvalue weighted by Gasteiger charge is -2.24. The summed E-state index contributed by atoms with van der Waals surface area (Å²) in [5.74, 6) is 0.145. The second-order valence-electron chi connectivity index (χ2n) is 6.18. The van der Waals surface area contributed by atoms with Gasteiger partial charge in [-0.25, -0.2) is 0 Å². The number of amides is 1. The molecule has 0 aliphatic carbocycles. The van der Waals surface area contributed by atoms with E-state index in [-0.39, 0.29) is 11.9 Å². The minimum atomic E-state index is -0.0303. The zero-order valence-corrected chi connectivity index (χ0v) is 12.8. The van der Waals surface area contributed by atoms with E-state index >= 15 is 0 Å². The van der Waals surface area contributed by atoms with Crippen LogP contribution in [0, 0.1) is 6.92 Å². The monoisotopic (exact) mass is 287 g/mol. The first-order valence-electron chi connectivity index (χ1n) is 8.09. The molecule has 0 bridgehead atoms. The molecular weight excluding hydrogens is 262 g/mol. The first-order valence-corrected chi connectivity index (χ1v) is 8.09. The SMILES string of the molecule is Cc1cc(CN[C@@H]2CCCNC2=O)ccc1N1CCCC1. The maximum atomic E-state index is 11.7. The molecule has 1 amide bonds. The Kier molecular flexibility index (Phi) is 4.44. The van der Waals surface area contributed by atoms with Crippen LogP contribution in [0.1, 0.15) is 36.8 Å². The van der Waals surface area contributed by atoms with E-state index in [1.54, 1.807) is 0 Å². The van der Waals surface area contributed by atoms with Gasteiger partial charge in [0, 0.05) is 31.9 Å². The molecular formula is C17H25N3O. The second kappa shape index (κ2) is 6.48. The molecule has 0 unspecified atom stereocenters.